The third-order valence-electron chi connectivity index (χ3n) is 8.49. The number of H-pyrrole nitrogens is 1. The van der Waals surface area contributed by atoms with Crippen molar-refractivity contribution in [1.29, 1.82) is 0 Å². The quantitative estimate of drug-likeness (QED) is 0.177. The van der Waals surface area contributed by atoms with Crippen LogP contribution in [-0.4, -0.2) is 27.7 Å². The Balaban J connectivity index is 1.25. The van der Waals surface area contributed by atoms with Crippen molar-refractivity contribution in [1.82, 2.24) is 30.5 Å². The molecule has 212 valence electrons. The van der Waals surface area contributed by atoms with E-state index in [9.17, 15) is 0 Å². The molecule has 1 atom stereocenters. The number of rotatable bonds is 6. The second-order valence-corrected chi connectivity index (χ2v) is 12.3. The molecule has 4 N–H and O–H groups in total. The van der Waals surface area contributed by atoms with Crippen LogP contribution < -0.4 is 16.0 Å². The Morgan fingerprint density at radius 2 is 1.52 bits per heavy atom. The molecule has 7 rings (SSSR count). The molecule has 1 saturated heterocycles. The van der Waals surface area contributed by atoms with Gasteiger partial charge in [0.05, 0.1) is 36.0 Å². The van der Waals surface area contributed by atoms with Gasteiger partial charge in [-0.25, -0.2) is 4.98 Å². The smallest absolute Gasteiger partial charge is 0.123 e. The lowest BCUT2D eigenvalue weighted by atomic mass is 9.86. The summed E-state index contributed by atoms with van der Waals surface area (Å²) in [6.07, 6.45) is 8.52. The van der Waals surface area contributed by atoms with Crippen molar-refractivity contribution >= 4 is 5.70 Å². The molecule has 0 aliphatic carbocycles. The van der Waals surface area contributed by atoms with Gasteiger partial charge in [-0.3, -0.25) is 0 Å². The molecule has 42 heavy (non-hydrogen) atoms. The summed E-state index contributed by atoms with van der Waals surface area (Å²) in [7, 11) is 0. The van der Waals surface area contributed by atoms with Crippen LogP contribution in [0, 0.1) is 0 Å². The second-order valence-electron chi connectivity index (χ2n) is 12.3. The highest BCUT2D eigenvalue weighted by atomic mass is 15.1. The first-order chi connectivity index (χ1) is 20.4. The zero-order valence-corrected chi connectivity index (χ0v) is 24.5. The molecule has 0 radical (unpaired) electrons. The highest BCUT2D eigenvalue weighted by molar-refractivity contribution is 5.84. The van der Waals surface area contributed by atoms with Crippen LogP contribution in [0.3, 0.4) is 0 Å². The van der Waals surface area contributed by atoms with Crippen molar-refractivity contribution in [2.75, 3.05) is 13.2 Å². The fourth-order valence-corrected chi connectivity index (χ4v) is 6.05. The lowest BCUT2D eigenvalue weighted by Gasteiger charge is -2.20. The first kappa shape index (κ1) is 26.4. The number of hydrogen-bond donors (Lipinski definition) is 4. The number of nitrogens with zero attached hydrogens (tertiary/aromatic N) is 2. The molecule has 0 amide bonds. The van der Waals surface area contributed by atoms with Crippen LogP contribution in [0.15, 0.2) is 97.5 Å². The molecule has 0 spiro atoms. The molecule has 2 aliphatic rings. The SMILES string of the molecule is CC(C)(C)c1ccc(-c2c(-c3ccc(C4=CNCN4)cc3)ccn2-c2ccc(-c3cnc(C4CCCN4)[nH]3)cc2)cc1. The Labute approximate surface area is 247 Å². The van der Waals surface area contributed by atoms with Gasteiger partial charge in [-0.15, -0.1) is 0 Å². The van der Waals surface area contributed by atoms with Crippen molar-refractivity contribution in [3.05, 3.63) is 114 Å². The number of imidazole rings is 1. The molecule has 1 unspecified atom stereocenters. The number of aromatic amines is 1. The van der Waals surface area contributed by atoms with E-state index in [1.54, 1.807) is 0 Å². The Kier molecular flexibility index (Phi) is 6.71. The van der Waals surface area contributed by atoms with Crippen molar-refractivity contribution in [2.24, 2.45) is 0 Å². The first-order valence-electron chi connectivity index (χ1n) is 14.9. The first-order valence-corrected chi connectivity index (χ1v) is 14.9. The maximum Gasteiger partial charge on any atom is 0.123 e. The summed E-state index contributed by atoms with van der Waals surface area (Å²) < 4.78 is 2.31. The third kappa shape index (κ3) is 5.03. The van der Waals surface area contributed by atoms with Gasteiger partial charge in [0.25, 0.3) is 0 Å². The minimum absolute atomic E-state index is 0.104. The molecule has 4 heterocycles. The van der Waals surface area contributed by atoms with Crippen LogP contribution in [0.25, 0.3) is 45.0 Å². The van der Waals surface area contributed by atoms with Crippen LogP contribution in [0.4, 0.5) is 0 Å². The zero-order chi connectivity index (χ0) is 28.7. The summed E-state index contributed by atoms with van der Waals surface area (Å²) in [5, 5.41) is 10.1. The fraction of sp³-hybridized carbons (Fsp3) is 0.250. The zero-order valence-electron chi connectivity index (χ0n) is 24.5. The third-order valence-corrected chi connectivity index (χ3v) is 8.49. The van der Waals surface area contributed by atoms with Gasteiger partial charge >= 0.3 is 0 Å². The molecule has 6 nitrogen and oxygen atoms in total. The molecule has 2 aromatic heterocycles. The molecule has 6 heteroatoms. The molecule has 0 saturated carbocycles. The summed E-state index contributed by atoms with van der Waals surface area (Å²) in [4.78, 5) is 8.21. The number of hydrogen-bond acceptors (Lipinski definition) is 4. The largest absolute Gasteiger partial charge is 0.372 e. The van der Waals surface area contributed by atoms with Gasteiger partial charge in [0.2, 0.25) is 0 Å². The van der Waals surface area contributed by atoms with Gasteiger partial charge in [0.15, 0.2) is 0 Å². The molecule has 1 fully saturated rings. The van der Waals surface area contributed by atoms with E-state index >= 15 is 0 Å². The van der Waals surface area contributed by atoms with Crippen LogP contribution in [0.2, 0.25) is 0 Å². The Morgan fingerprint density at radius 3 is 2.19 bits per heavy atom. The summed E-state index contributed by atoms with van der Waals surface area (Å²) in [6, 6.07) is 29.2. The van der Waals surface area contributed by atoms with Crippen LogP contribution in [0.1, 0.15) is 56.6 Å². The van der Waals surface area contributed by atoms with E-state index in [1.165, 1.54) is 39.9 Å². The minimum Gasteiger partial charge on any atom is -0.372 e. The van der Waals surface area contributed by atoms with E-state index in [-0.39, 0.29) is 5.41 Å². The summed E-state index contributed by atoms with van der Waals surface area (Å²) in [5.74, 6) is 1.03. The summed E-state index contributed by atoms with van der Waals surface area (Å²) in [5.41, 5.74) is 11.8. The Hall–Kier alpha value is -4.55. The predicted octanol–water partition coefficient (Wildman–Crippen LogP) is 7.37. The number of benzene rings is 3. The van der Waals surface area contributed by atoms with E-state index < -0.39 is 0 Å². The molecule has 5 aromatic rings. The number of aromatic nitrogens is 3. The van der Waals surface area contributed by atoms with E-state index in [2.05, 4.69) is 136 Å². The standard InChI is InChI=1S/C36H38N6/c1-36(2,3)28-14-10-27(11-15-28)34-30(24-6-8-25(9-7-24)32-21-37-23-40-32)18-20-42(34)29-16-12-26(13-17-29)33-22-39-35(41-33)31-5-4-19-38-31/h6-18,20-22,31,37-38,40H,4-5,19,23H2,1-3H3,(H,39,41). The average Bonchev–Trinajstić information content (AvgIpc) is 3.84. The Bertz CT molecular complexity index is 1710. The molecule has 2 aliphatic heterocycles. The van der Waals surface area contributed by atoms with Crippen LogP contribution >= 0.6 is 0 Å². The van der Waals surface area contributed by atoms with Gasteiger partial charge in [-0.2, -0.15) is 0 Å². The monoisotopic (exact) mass is 554 g/mol. The van der Waals surface area contributed by atoms with Crippen molar-refractivity contribution in [3.63, 3.8) is 0 Å². The van der Waals surface area contributed by atoms with Gasteiger partial charge in [-0.05, 0) is 70.8 Å². The van der Waals surface area contributed by atoms with Gasteiger partial charge in [0, 0.05) is 23.6 Å². The highest BCUT2D eigenvalue weighted by Gasteiger charge is 2.20. The lowest BCUT2D eigenvalue weighted by Crippen LogP contribution is -2.14. The summed E-state index contributed by atoms with van der Waals surface area (Å²) >= 11 is 0. The van der Waals surface area contributed by atoms with Gasteiger partial charge in [0.1, 0.15) is 5.82 Å². The van der Waals surface area contributed by atoms with Crippen molar-refractivity contribution < 1.29 is 0 Å². The lowest BCUT2D eigenvalue weighted by molar-refractivity contribution is 0.590. The van der Waals surface area contributed by atoms with E-state index in [0.717, 1.165) is 48.1 Å². The molecule has 0 bridgehead atoms. The Morgan fingerprint density at radius 1 is 0.810 bits per heavy atom. The van der Waals surface area contributed by atoms with E-state index in [1.807, 2.05) is 12.4 Å². The second kappa shape index (κ2) is 10.7. The average molecular weight is 555 g/mol. The highest BCUT2D eigenvalue weighted by Crippen LogP contribution is 2.37. The van der Waals surface area contributed by atoms with Crippen LogP contribution in [-0.2, 0) is 5.41 Å². The maximum absolute atomic E-state index is 4.67. The van der Waals surface area contributed by atoms with Gasteiger partial charge in [-0.1, -0.05) is 81.4 Å². The molecular formula is C36H38N6. The topological polar surface area (TPSA) is 69.7 Å². The fourth-order valence-electron chi connectivity index (χ4n) is 6.05. The minimum atomic E-state index is 0.104. The van der Waals surface area contributed by atoms with E-state index in [0.29, 0.717) is 6.04 Å². The normalized spacial score (nSPS) is 16.7. The van der Waals surface area contributed by atoms with Crippen molar-refractivity contribution in [2.45, 2.75) is 45.1 Å². The van der Waals surface area contributed by atoms with Gasteiger partial charge < -0.3 is 25.5 Å². The van der Waals surface area contributed by atoms with Crippen molar-refractivity contribution in [3.8, 4) is 39.3 Å². The van der Waals surface area contributed by atoms with E-state index in [4.69, 9.17) is 0 Å². The number of nitrogens with one attached hydrogen (secondary N) is 4. The predicted molar refractivity (Wildman–Crippen MR) is 172 cm³/mol. The molecular weight excluding hydrogens is 516 g/mol. The summed E-state index contributed by atoms with van der Waals surface area (Å²) in [6.45, 7) is 8.61. The maximum atomic E-state index is 4.67. The molecule has 3 aromatic carbocycles. The van der Waals surface area contributed by atoms with Crippen LogP contribution in [0.5, 0.6) is 0 Å².